The maximum Gasteiger partial charge on any atom is 0.338 e. The zero-order chi connectivity index (χ0) is 18.8. The molecular weight excluding hydrogens is 391 g/mol. The van der Waals surface area contributed by atoms with E-state index < -0.39 is 5.97 Å². The summed E-state index contributed by atoms with van der Waals surface area (Å²) in [5.41, 5.74) is 0.556. The number of alkyl halides is 2. The molecule has 6 nitrogen and oxygen atoms in total. The summed E-state index contributed by atoms with van der Waals surface area (Å²) in [6.45, 7) is 0. The molecule has 0 saturated heterocycles. The van der Waals surface area contributed by atoms with E-state index in [0.717, 1.165) is 0 Å². The van der Waals surface area contributed by atoms with Crippen molar-refractivity contribution >= 4 is 64.0 Å². The summed E-state index contributed by atoms with van der Waals surface area (Å²) in [7, 11) is 1.23. The first kappa shape index (κ1) is 21.5. The molecule has 1 rings (SSSR count). The number of ether oxygens (including phenoxy) is 1. The molecule has 9 heteroatoms. The molecular formula is C16H19Cl3N2O4. The van der Waals surface area contributed by atoms with E-state index in [1.807, 2.05) is 0 Å². The van der Waals surface area contributed by atoms with Crippen LogP contribution < -0.4 is 10.6 Å². The van der Waals surface area contributed by atoms with Gasteiger partial charge in [-0.3, -0.25) is 9.59 Å². The Kier molecular flexibility index (Phi) is 9.63. The van der Waals surface area contributed by atoms with E-state index in [4.69, 9.17) is 34.8 Å². The van der Waals surface area contributed by atoms with E-state index in [1.165, 1.54) is 19.2 Å². The smallest absolute Gasteiger partial charge is 0.338 e. The Hall–Kier alpha value is -1.50. The number of hydrogen-bond acceptors (Lipinski definition) is 4. The Morgan fingerprint density at radius 3 is 1.76 bits per heavy atom. The summed E-state index contributed by atoms with van der Waals surface area (Å²) in [5, 5.41) is 5.34. The number of carbonyl (C=O) groups excluding carboxylic acids is 3. The molecule has 0 fully saturated rings. The minimum atomic E-state index is -0.621. The van der Waals surface area contributed by atoms with Gasteiger partial charge in [0.1, 0.15) is 0 Å². The Morgan fingerprint density at radius 2 is 1.40 bits per heavy atom. The molecule has 0 aliphatic carbocycles. The molecule has 0 saturated carbocycles. The maximum atomic E-state index is 11.9. The second-order valence-electron chi connectivity index (χ2n) is 5.06. The molecule has 0 aliphatic heterocycles. The van der Waals surface area contributed by atoms with Crippen LogP contribution in [-0.4, -0.2) is 36.7 Å². The van der Waals surface area contributed by atoms with Gasteiger partial charge in [0.15, 0.2) is 0 Å². The SMILES string of the molecule is COC(=O)c1cc(NC(=O)CCCCl)c(Cl)c(NC(=O)CCCCl)c1. The van der Waals surface area contributed by atoms with Gasteiger partial charge in [-0.15, -0.1) is 23.2 Å². The van der Waals surface area contributed by atoms with Crippen molar-refractivity contribution in [3.05, 3.63) is 22.7 Å². The Bertz CT molecular complexity index is 595. The lowest BCUT2D eigenvalue weighted by molar-refractivity contribution is -0.117. The monoisotopic (exact) mass is 408 g/mol. The molecule has 0 aliphatic rings. The van der Waals surface area contributed by atoms with E-state index >= 15 is 0 Å². The lowest BCUT2D eigenvalue weighted by Crippen LogP contribution is -2.16. The molecule has 1 aromatic rings. The molecule has 2 N–H and O–H groups in total. The Balaban J connectivity index is 3.09. The third-order valence-electron chi connectivity index (χ3n) is 3.12. The molecule has 138 valence electrons. The average Bonchev–Trinajstić information content (AvgIpc) is 2.60. The van der Waals surface area contributed by atoms with Gasteiger partial charge in [0.2, 0.25) is 11.8 Å². The zero-order valence-electron chi connectivity index (χ0n) is 13.7. The highest BCUT2D eigenvalue weighted by Gasteiger charge is 2.17. The minimum absolute atomic E-state index is 0.117. The fourth-order valence-corrected chi connectivity index (χ4v) is 2.39. The molecule has 1 aromatic carbocycles. The van der Waals surface area contributed by atoms with Crippen LogP contribution in [0.15, 0.2) is 12.1 Å². The standard InChI is InChI=1S/C16H19Cl3N2O4/c1-25-16(24)10-8-11(20-13(22)4-2-6-17)15(19)12(9-10)21-14(23)5-3-7-18/h8-9H,2-7H2,1H3,(H,20,22)(H,21,23). The molecule has 0 atom stereocenters. The Labute approximate surface area is 161 Å². The van der Waals surface area contributed by atoms with Crippen molar-refractivity contribution in [1.82, 2.24) is 0 Å². The van der Waals surface area contributed by atoms with Crippen LogP contribution in [0.3, 0.4) is 0 Å². The number of carbonyl (C=O) groups is 3. The summed E-state index contributed by atoms with van der Waals surface area (Å²) in [6, 6.07) is 2.78. The molecule has 0 unspecified atom stereocenters. The van der Waals surface area contributed by atoms with Crippen LogP contribution in [0.2, 0.25) is 5.02 Å². The van der Waals surface area contributed by atoms with Crippen molar-refractivity contribution in [1.29, 1.82) is 0 Å². The third-order valence-corrected chi connectivity index (χ3v) is 4.06. The van der Waals surface area contributed by atoms with Gasteiger partial charge in [-0.2, -0.15) is 0 Å². The van der Waals surface area contributed by atoms with E-state index in [-0.39, 0.29) is 46.6 Å². The van der Waals surface area contributed by atoms with E-state index in [9.17, 15) is 14.4 Å². The van der Waals surface area contributed by atoms with Crippen molar-refractivity contribution in [2.75, 3.05) is 29.5 Å². The van der Waals surface area contributed by atoms with E-state index in [2.05, 4.69) is 15.4 Å². The number of halogens is 3. The number of amides is 2. The first-order chi connectivity index (χ1) is 11.9. The first-order valence-corrected chi connectivity index (χ1v) is 9.01. The third kappa shape index (κ3) is 7.10. The molecule has 0 aromatic heterocycles. The van der Waals surface area contributed by atoms with Gasteiger partial charge in [0, 0.05) is 24.6 Å². The zero-order valence-corrected chi connectivity index (χ0v) is 15.9. The number of rotatable bonds is 9. The van der Waals surface area contributed by atoms with Crippen LogP contribution in [0.4, 0.5) is 11.4 Å². The van der Waals surface area contributed by atoms with Gasteiger partial charge < -0.3 is 15.4 Å². The number of esters is 1. The fraction of sp³-hybridized carbons (Fsp3) is 0.438. The number of methoxy groups -OCH3 is 1. The summed E-state index contributed by atoms with van der Waals surface area (Å²) in [5.74, 6) is -0.520. The van der Waals surface area contributed by atoms with Crippen LogP contribution in [0, 0.1) is 0 Å². The lowest BCUT2D eigenvalue weighted by Gasteiger charge is -2.14. The molecule has 0 heterocycles. The second-order valence-corrected chi connectivity index (χ2v) is 6.19. The summed E-state index contributed by atoms with van der Waals surface area (Å²) in [6.07, 6.45) is 1.42. The predicted molar refractivity (Wildman–Crippen MR) is 100.0 cm³/mol. The van der Waals surface area contributed by atoms with Crippen molar-refractivity contribution in [2.45, 2.75) is 25.7 Å². The van der Waals surface area contributed by atoms with Gasteiger partial charge >= 0.3 is 5.97 Å². The highest BCUT2D eigenvalue weighted by molar-refractivity contribution is 6.37. The molecule has 0 spiro atoms. The molecule has 2 amide bonds. The Morgan fingerprint density at radius 1 is 0.960 bits per heavy atom. The van der Waals surface area contributed by atoms with Crippen molar-refractivity contribution < 1.29 is 19.1 Å². The normalized spacial score (nSPS) is 10.2. The van der Waals surface area contributed by atoms with Crippen LogP contribution >= 0.6 is 34.8 Å². The van der Waals surface area contributed by atoms with Crippen LogP contribution in [-0.2, 0) is 14.3 Å². The molecule has 25 heavy (non-hydrogen) atoms. The number of benzene rings is 1. The lowest BCUT2D eigenvalue weighted by atomic mass is 10.1. The van der Waals surface area contributed by atoms with Gasteiger partial charge in [0.05, 0.1) is 29.1 Å². The average molecular weight is 410 g/mol. The van der Waals surface area contributed by atoms with E-state index in [1.54, 1.807) is 0 Å². The predicted octanol–water partition coefficient (Wildman–Crippen LogP) is 4.04. The van der Waals surface area contributed by atoms with Crippen LogP contribution in [0.5, 0.6) is 0 Å². The van der Waals surface area contributed by atoms with Crippen molar-refractivity contribution in [3.63, 3.8) is 0 Å². The van der Waals surface area contributed by atoms with Crippen LogP contribution in [0.25, 0.3) is 0 Å². The minimum Gasteiger partial charge on any atom is -0.465 e. The first-order valence-electron chi connectivity index (χ1n) is 7.56. The molecule has 0 bridgehead atoms. The number of anilines is 2. The van der Waals surface area contributed by atoms with Crippen molar-refractivity contribution in [2.24, 2.45) is 0 Å². The quantitative estimate of drug-likeness (QED) is 0.476. The van der Waals surface area contributed by atoms with Crippen molar-refractivity contribution in [3.8, 4) is 0 Å². The number of nitrogens with one attached hydrogen (secondary N) is 2. The largest absolute Gasteiger partial charge is 0.465 e. The maximum absolute atomic E-state index is 11.9. The van der Waals surface area contributed by atoms with E-state index in [0.29, 0.717) is 24.6 Å². The van der Waals surface area contributed by atoms with Crippen LogP contribution in [0.1, 0.15) is 36.0 Å². The van der Waals surface area contributed by atoms with Gasteiger partial charge in [0.25, 0.3) is 0 Å². The van der Waals surface area contributed by atoms with Gasteiger partial charge in [-0.05, 0) is 25.0 Å². The summed E-state index contributed by atoms with van der Waals surface area (Å²) >= 11 is 17.4. The summed E-state index contributed by atoms with van der Waals surface area (Å²) < 4.78 is 4.68. The highest BCUT2D eigenvalue weighted by atomic mass is 35.5. The number of hydrogen-bond donors (Lipinski definition) is 2. The highest BCUT2D eigenvalue weighted by Crippen LogP contribution is 2.33. The second kappa shape index (κ2) is 11.2. The van der Waals surface area contributed by atoms with Gasteiger partial charge in [-0.25, -0.2) is 4.79 Å². The topological polar surface area (TPSA) is 84.5 Å². The fourth-order valence-electron chi connectivity index (χ4n) is 1.92. The molecule has 0 radical (unpaired) electrons. The van der Waals surface area contributed by atoms with Gasteiger partial charge in [-0.1, -0.05) is 11.6 Å². The summed E-state index contributed by atoms with van der Waals surface area (Å²) in [4.78, 5) is 35.6.